The molecule has 5 rings (SSSR count). The van der Waals surface area contributed by atoms with E-state index in [0.717, 1.165) is 46.3 Å². The largest absolute Gasteiger partial charge is 0.449 e. The number of hydrogen-bond donors (Lipinski definition) is 0. The van der Waals surface area contributed by atoms with Crippen LogP contribution in [0.25, 0.3) is 21.7 Å². The molecular weight excluding hydrogens is 374 g/mol. The van der Waals surface area contributed by atoms with Crippen molar-refractivity contribution in [1.82, 2.24) is 15.2 Å². The zero-order chi connectivity index (χ0) is 19.1. The first-order valence-electron chi connectivity index (χ1n) is 9.19. The van der Waals surface area contributed by atoms with Crippen LogP contribution in [0.1, 0.15) is 47.0 Å². The van der Waals surface area contributed by atoms with Gasteiger partial charge in [-0.3, -0.25) is 4.98 Å². The fraction of sp³-hybridized carbons (Fsp3) is 0.238. The molecule has 0 fully saturated rings. The molecule has 140 valence electrons. The van der Waals surface area contributed by atoms with Gasteiger partial charge in [-0.25, -0.2) is 4.79 Å². The van der Waals surface area contributed by atoms with Gasteiger partial charge >= 0.3 is 5.97 Å². The van der Waals surface area contributed by atoms with E-state index in [-0.39, 0.29) is 11.9 Å². The number of fused-ring (bicyclic) bond motifs is 2. The summed E-state index contributed by atoms with van der Waals surface area (Å²) in [6.07, 6.45) is 2.10. The second-order valence-corrected chi connectivity index (χ2v) is 7.70. The van der Waals surface area contributed by atoms with Crippen molar-refractivity contribution in [1.29, 1.82) is 0 Å². The van der Waals surface area contributed by atoms with Crippen LogP contribution >= 0.6 is 11.3 Å². The Hall–Kier alpha value is -3.06. The number of carbonyl (C=O) groups is 1. The zero-order valence-electron chi connectivity index (χ0n) is 15.2. The molecule has 1 aliphatic rings. The maximum absolute atomic E-state index is 13.1. The number of aryl methyl sites for hydroxylation is 1. The lowest BCUT2D eigenvalue weighted by atomic mass is 10.0. The van der Waals surface area contributed by atoms with Crippen molar-refractivity contribution in [3.05, 3.63) is 64.5 Å². The van der Waals surface area contributed by atoms with Gasteiger partial charge in [0.05, 0.1) is 16.0 Å². The lowest BCUT2D eigenvalue weighted by Crippen LogP contribution is -2.13. The minimum absolute atomic E-state index is 0.284. The number of thiophene rings is 1. The van der Waals surface area contributed by atoms with Gasteiger partial charge in [-0.15, -0.1) is 21.5 Å². The van der Waals surface area contributed by atoms with E-state index in [4.69, 9.17) is 14.1 Å². The van der Waals surface area contributed by atoms with Gasteiger partial charge in [0.1, 0.15) is 0 Å². The molecule has 6 nitrogen and oxygen atoms in total. The Morgan fingerprint density at radius 3 is 2.93 bits per heavy atom. The van der Waals surface area contributed by atoms with Gasteiger partial charge < -0.3 is 9.15 Å². The molecule has 1 atom stereocenters. The Kier molecular flexibility index (Phi) is 4.16. The van der Waals surface area contributed by atoms with E-state index < -0.39 is 6.10 Å². The molecule has 0 aliphatic heterocycles. The van der Waals surface area contributed by atoms with Crippen LogP contribution in [-0.4, -0.2) is 21.2 Å². The number of benzene rings is 1. The molecule has 3 aromatic heterocycles. The van der Waals surface area contributed by atoms with Crippen LogP contribution in [0.2, 0.25) is 0 Å². The normalized spacial score (nSPS) is 14.2. The van der Waals surface area contributed by atoms with E-state index in [1.165, 1.54) is 11.3 Å². The summed E-state index contributed by atoms with van der Waals surface area (Å²) in [7, 11) is 0. The third-order valence-corrected chi connectivity index (χ3v) is 5.79. The predicted octanol–water partition coefficient (Wildman–Crippen LogP) is 4.75. The Morgan fingerprint density at radius 1 is 1.18 bits per heavy atom. The molecule has 0 spiro atoms. The Balaban J connectivity index is 1.46. The average molecular weight is 391 g/mol. The average Bonchev–Trinajstić information content (AvgIpc) is 3.46. The number of hydrogen-bond acceptors (Lipinski definition) is 7. The van der Waals surface area contributed by atoms with E-state index in [0.29, 0.717) is 11.5 Å². The Bertz CT molecular complexity index is 1170. The van der Waals surface area contributed by atoms with E-state index in [1.807, 2.05) is 41.8 Å². The van der Waals surface area contributed by atoms with Gasteiger partial charge in [0, 0.05) is 11.1 Å². The Labute approximate surface area is 165 Å². The Morgan fingerprint density at radius 2 is 2.07 bits per heavy atom. The van der Waals surface area contributed by atoms with Gasteiger partial charge in [0.15, 0.2) is 6.10 Å². The van der Waals surface area contributed by atoms with E-state index in [2.05, 4.69) is 10.2 Å². The highest BCUT2D eigenvalue weighted by atomic mass is 32.1. The molecule has 1 aliphatic carbocycles. The second-order valence-electron chi connectivity index (χ2n) is 6.75. The quantitative estimate of drug-likeness (QED) is 0.467. The van der Waals surface area contributed by atoms with Gasteiger partial charge in [-0.1, -0.05) is 24.3 Å². The molecular formula is C21H17N3O3S. The SMILES string of the molecule is C[C@@H](OC(=O)c1c2c(nc3ccccc13)CCC2)c1nnc(-c2cccs2)o1. The molecule has 0 bridgehead atoms. The number of aromatic nitrogens is 3. The van der Waals surface area contributed by atoms with Crippen molar-refractivity contribution in [3.8, 4) is 10.8 Å². The van der Waals surface area contributed by atoms with Crippen molar-refractivity contribution in [2.24, 2.45) is 0 Å². The van der Waals surface area contributed by atoms with Crippen LogP contribution in [0, 0.1) is 0 Å². The summed E-state index contributed by atoms with van der Waals surface area (Å²) in [6, 6.07) is 11.5. The maximum atomic E-state index is 13.1. The van der Waals surface area contributed by atoms with Crippen LogP contribution in [0.4, 0.5) is 0 Å². The van der Waals surface area contributed by atoms with Gasteiger partial charge in [-0.05, 0) is 49.3 Å². The summed E-state index contributed by atoms with van der Waals surface area (Å²) in [6.45, 7) is 1.74. The number of pyridine rings is 1. The number of ether oxygens (including phenoxy) is 1. The van der Waals surface area contributed by atoms with Crippen LogP contribution in [0.15, 0.2) is 46.2 Å². The smallest absolute Gasteiger partial charge is 0.339 e. The monoisotopic (exact) mass is 391 g/mol. The molecule has 4 aromatic rings. The summed E-state index contributed by atoms with van der Waals surface area (Å²) < 4.78 is 11.4. The molecule has 0 saturated carbocycles. The lowest BCUT2D eigenvalue weighted by molar-refractivity contribution is 0.0281. The van der Waals surface area contributed by atoms with Crippen LogP contribution < -0.4 is 0 Å². The van der Waals surface area contributed by atoms with Crippen molar-refractivity contribution >= 4 is 28.2 Å². The van der Waals surface area contributed by atoms with Crippen molar-refractivity contribution in [2.45, 2.75) is 32.3 Å². The van der Waals surface area contributed by atoms with Gasteiger partial charge in [-0.2, -0.15) is 0 Å². The molecule has 0 N–H and O–H groups in total. The molecule has 28 heavy (non-hydrogen) atoms. The van der Waals surface area contributed by atoms with Crippen LogP contribution in [0.5, 0.6) is 0 Å². The van der Waals surface area contributed by atoms with Crippen LogP contribution in [0.3, 0.4) is 0 Å². The third-order valence-electron chi connectivity index (χ3n) is 4.93. The first-order valence-corrected chi connectivity index (χ1v) is 10.1. The van der Waals surface area contributed by atoms with Crippen LogP contribution in [-0.2, 0) is 17.6 Å². The fourth-order valence-corrected chi connectivity index (χ4v) is 4.26. The summed E-state index contributed by atoms with van der Waals surface area (Å²) >= 11 is 1.52. The lowest BCUT2D eigenvalue weighted by Gasteiger charge is -2.14. The highest BCUT2D eigenvalue weighted by molar-refractivity contribution is 7.13. The summed E-state index contributed by atoms with van der Waals surface area (Å²) in [4.78, 5) is 18.7. The number of esters is 1. The molecule has 0 saturated heterocycles. The van der Waals surface area contributed by atoms with E-state index in [1.54, 1.807) is 6.92 Å². The van der Waals surface area contributed by atoms with Crippen molar-refractivity contribution in [3.63, 3.8) is 0 Å². The fourth-order valence-electron chi connectivity index (χ4n) is 3.61. The topological polar surface area (TPSA) is 78.1 Å². The van der Waals surface area contributed by atoms with Crippen molar-refractivity contribution in [2.75, 3.05) is 0 Å². The molecule has 1 aromatic carbocycles. The van der Waals surface area contributed by atoms with Crippen molar-refractivity contribution < 1.29 is 13.9 Å². The first-order chi connectivity index (χ1) is 13.7. The number of carbonyl (C=O) groups excluding carboxylic acids is 1. The predicted molar refractivity (Wildman–Crippen MR) is 105 cm³/mol. The first kappa shape index (κ1) is 17.1. The highest BCUT2D eigenvalue weighted by Crippen LogP contribution is 2.32. The molecule has 0 unspecified atom stereocenters. The summed E-state index contributed by atoms with van der Waals surface area (Å²) in [5, 5.41) is 10.9. The third kappa shape index (κ3) is 2.88. The molecule has 0 radical (unpaired) electrons. The standard InChI is InChI=1S/C21H17N3O3S/c1-12(19-23-24-20(27-19)17-10-5-11-28-17)26-21(25)18-13-6-2-3-8-15(13)22-16-9-4-7-14(16)18/h2-3,5-6,8,10-12H,4,7,9H2,1H3/t12-/m1/s1. The minimum atomic E-state index is -0.641. The van der Waals surface area contributed by atoms with E-state index >= 15 is 0 Å². The summed E-state index contributed by atoms with van der Waals surface area (Å²) in [5.74, 6) is 0.343. The molecule has 7 heteroatoms. The van der Waals surface area contributed by atoms with E-state index in [9.17, 15) is 4.79 Å². The zero-order valence-corrected chi connectivity index (χ0v) is 16.0. The van der Waals surface area contributed by atoms with Gasteiger partial charge in [0.25, 0.3) is 11.8 Å². The molecule has 3 heterocycles. The number of nitrogens with zero attached hydrogens (tertiary/aromatic N) is 3. The highest BCUT2D eigenvalue weighted by Gasteiger charge is 2.27. The minimum Gasteiger partial charge on any atom is -0.449 e. The number of rotatable bonds is 4. The number of para-hydroxylation sites is 1. The van der Waals surface area contributed by atoms with Gasteiger partial charge in [0.2, 0.25) is 0 Å². The molecule has 0 amide bonds. The maximum Gasteiger partial charge on any atom is 0.339 e. The summed E-state index contributed by atoms with van der Waals surface area (Å²) in [5.41, 5.74) is 3.43. The second kappa shape index (κ2) is 6.83.